The maximum Gasteiger partial charge on any atom is 0.270 e. The third kappa shape index (κ3) is 3.06. The first-order valence-corrected chi connectivity index (χ1v) is 5.99. The Morgan fingerprint density at radius 1 is 1.60 bits per heavy atom. The second kappa shape index (κ2) is 5.90. The first kappa shape index (κ1) is 12.2. The Hall–Kier alpha value is -0.840. The highest BCUT2D eigenvalue weighted by molar-refractivity contribution is 9.10. The van der Waals surface area contributed by atoms with Crippen LogP contribution in [0.15, 0.2) is 10.7 Å². The van der Waals surface area contributed by atoms with E-state index in [2.05, 4.69) is 33.3 Å². The van der Waals surface area contributed by atoms with Gasteiger partial charge in [0.15, 0.2) is 0 Å². The number of halogens is 1. The zero-order chi connectivity index (χ0) is 11.3. The summed E-state index contributed by atoms with van der Waals surface area (Å²) in [7, 11) is 0. The molecule has 4 nitrogen and oxygen atoms in total. The Morgan fingerprint density at radius 2 is 2.33 bits per heavy atom. The summed E-state index contributed by atoms with van der Waals surface area (Å²) in [5.74, 6) is -0.0605. The minimum absolute atomic E-state index is 0.0605. The lowest BCUT2D eigenvalue weighted by Crippen LogP contribution is -2.27. The largest absolute Gasteiger partial charge is 0.351 e. The fraction of sp³-hybridized carbons (Fsp3) is 0.600. The summed E-state index contributed by atoms with van der Waals surface area (Å²) in [6.07, 6.45) is 3.73. The number of carbonyl (C=O) groups excluding carboxylic acids is 1. The number of rotatable bonds is 5. The fourth-order valence-corrected chi connectivity index (χ4v) is 1.77. The van der Waals surface area contributed by atoms with Gasteiger partial charge in [0, 0.05) is 13.1 Å². The van der Waals surface area contributed by atoms with Gasteiger partial charge in [-0.05, 0) is 29.3 Å². The van der Waals surface area contributed by atoms with Crippen LogP contribution >= 0.6 is 15.9 Å². The molecular weight excluding hydrogens is 258 g/mol. The van der Waals surface area contributed by atoms with Crippen LogP contribution in [0.25, 0.3) is 0 Å². The molecule has 0 bridgehead atoms. The molecule has 0 spiro atoms. The summed E-state index contributed by atoms with van der Waals surface area (Å²) in [6.45, 7) is 5.47. The molecule has 0 aliphatic carbocycles. The van der Waals surface area contributed by atoms with E-state index in [1.807, 2.05) is 6.92 Å². The van der Waals surface area contributed by atoms with Gasteiger partial charge < -0.3 is 5.32 Å². The number of hydrogen-bond acceptors (Lipinski definition) is 2. The van der Waals surface area contributed by atoms with Gasteiger partial charge in [-0.2, -0.15) is 5.10 Å². The zero-order valence-corrected chi connectivity index (χ0v) is 10.7. The SMILES string of the molecule is CCCCNC(=O)c1c(Br)cnn1CC. The van der Waals surface area contributed by atoms with Crippen LogP contribution in [0.2, 0.25) is 0 Å². The van der Waals surface area contributed by atoms with Gasteiger partial charge in [0.25, 0.3) is 5.91 Å². The number of carbonyl (C=O) groups is 1. The summed E-state index contributed by atoms with van der Waals surface area (Å²) in [5.41, 5.74) is 0.605. The third-order valence-corrected chi connectivity index (χ3v) is 2.71. The molecule has 0 fully saturated rings. The molecule has 0 atom stereocenters. The van der Waals surface area contributed by atoms with Gasteiger partial charge in [0.1, 0.15) is 5.69 Å². The van der Waals surface area contributed by atoms with Crippen molar-refractivity contribution in [1.29, 1.82) is 0 Å². The average molecular weight is 274 g/mol. The molecule has 1 amide bonds. The Labute approximate surface area is 98.2 Å². The van der Waals surface area contributed by atoms with E-state index in [0.29, 0.717) is 12.2 Å². The number of unbranched alkanes of at least 4 members (excludes halogenated alkanes) is 1. The van der Waals surface area contributed by atoms with Crippen molar-refractivity contribution in [3.8, 4) is 0 Å². The molecule has 1 aromatic heterocycles. The molecule has 0 aliphatic heterocycles. The lowest BCUT2D eigenvalue weighted by atomic mass is 10.3. The lowest BCUT2D eigenvalue weighted by Gasteiger charge is -2.06. The van der Waals surface area contributed by atoms with E-state index >= 15 is 0 Å². The maximum absolute atomic E-state index is 11.8. The van der Waals surface area contributed by atoms with Crippen molar-refractivity contribution in [2.45, 2.75) is 33.2 Å². The van der Waals surface area contributed by atoms with E-state index in [0.717, 1.165) is 23.9 Å². The van der Waals surface area contributed by atoms with Gasteiger partial charge in [-0.3, -0.25) is 9.48 Å². The number of nitrogens with zero attached hydrogens (tertiary/aromatic N) is 2. The monoisotopic (exact) mass is 273 g/mol. The molecule has 84 valence electrons. The number of aromatic nitrogens is 2. The van der Waals surface area contributed by atoms with E-state index in [1.165, 1.54) is 0 Å². The van der Waals surface area contributed by atoms with Gasteiger partial charge >= 0.3 is 0 Å². The van der Waals surface area contributed by atoms with E-state index in [1.54, 1.807) is 10.9 Å². The van der Waals surface area contributed by atoms with Crippen LogP contribution < -0.4 is 5.32 Å². The normalized spacial score (nSPS) is 10.3. The topological polar surface area (TPSA) is 46.9 Å². The first-order valence-electron chi connectivity index (χ1n) is 5.20. The second-order valence-electron chi connectivity index (χ2n) is 3.27. The zero-order valence-electron chi connectivity index (χ0n) is 9.09. The highest BCUT2D eigenvalue weighted by Gasteiger charge is 2.15. The molecule has 15 heavy (non-hydrogen) atoms. The molecule has 0 saturated heterocycles. The third-order valence-electron chi connectivity index (χ3n) is 2.13. The van der Waals surface area contributed by atoms with Crippen molar-refractivity contribution in [3.63, 3.8) is 0 Å². The molecule has 1 aromatic rings. The minimum Gasteiger partial charge on any atom is -0.351 e. The highest BCUT2D eigenvalue weighted by atomic mass is 79.9. The Morgan fingerprint density at radius 3 is 2.93 bits per heavy atom. The summed E-state index contributed by atoms with van der Waals surface area (Å²) in [4.78, 5) is 11.8. The molecule has 1 heterocycles. The molecule has 1 N–H and O–H groups in total. The summed E-state index contributed by atoms with van der Waals surface area (Å²) in [5, 5.41) is 6.96. The van der Waals surface area contributed by atoms with Gasteiger partial charge in [-0.25, -0.2) is 0 Å². The van der Waals surface area contributed by atoms with Crippen molar-refractivity contribution in [2.24, 2.45) is 0 Å². The smallest absolute Gasteiger partial charge is 0.270 e. The number of nitrogens with one attached hydrogen (secondary N) is 1. The predicted octanol–water partition coefficient (Wildman–Crippen LogP) is 2.20. The minimum atomic E-state index is -0.0605. The summed E-state index contributed by atoms with van der Waals surface area (Å²) >= 11 is 3.32. The fourth-order valence-electron chi connectivity index (χ4n) is 1.29. The predicted molar refractivity (Wildman–Crippen MR) is 62.8 cm³/mol. The van der Waals surface area contributed by atoms with Crippen LogP contribution in [0.5, 0.6) is 0 Å². The molecule has 0 saturated carbocycles. The van der Waals surface area contributed by atoms with Crippen LogP contribution in [0.4, 0.5) is 0 Å². The molecule has 1 rings (SSSR count). The van der Waals surface area contributed by atoms with Gasteiger partial charge in [0.05, 0.1) is 10.7 Å². The van der Waals surface area contributed by atoms with E-state index < -0.39 is 0 Å². The molecule has 0 aliphatic rings. The summed E-state index contributed by atoms with van der Waals surface area (Å²) in [6, 6.07) is 0. The number of aryl methyl sites for hydroxylation is 1. The highest BCUT2D eigenvalue weighted by Crippen LogP contribution is 2.15. The van der Waals surface area contributed by atoms with Gasteiger partial charge in [0.2, 0.25) is 0 Å². The van der Waals surface area contributed by atoms with Crippen LogP contribution in [0, 0.1) is 0 Å². The first-order chi connectivity index (χ1) is 7.20. The Kier molecular flexibility index (Phi) is 4.81. The standard InChI is InChI=1S/C10H16BrN3O/c1-3-5-6-12-10(15)9-8(11)7-13-14(9)4-2/h7H,3-6H2,1-2H3,(H,12,15). The summed E-state index contributed by atoms with van der Waals surface area (Å²) < 4.78 is 2.43. The Bertz CT molecular complexity index is 335. The lowest BCUT2D eigenvalue weighted by molar-refractivity contribution is 0.0941. The van der Waals surface area contributed by atoms with Crippen LogP contribution in [0.3, 0.4) is 0 Å². The maximum atomic E-state index is 11.8. The number of hydrogen-bond donors (Lipinski definition) is 1. The quantitative estimate of drug-likeness (QED) is 0.837. The van der Waals surface area contributed by atoms with Crippen molar-refractivity contribution >= 4 is 21.8 Å². The van der Waals surface area contributed by atoms with E-state index in [-0.39, 0.29) is 5.91 Å². The second-order valence-corrected chi connectivity index (χ2v) is 4.12. The Balaban J connectivity index is 2.67. The molecular formula is C10H16BrN3O. The molecule has 0 radical (unpaired) electrons. The van der Waals surface area contributed by atoms with Crippen molar-refractivity contribution in [3.05, 3.63) is 16.4 Å². The molecule has 0 unspecified atom stereocenters. The van der Waals surface area contributed by atoms with Crippen molar-refractivity contribution in [2.75, 3.05) is 6.54 Å². The molecule has 5 heteroatoms. The van der Waals surface area contributed by atoms with Crippen LogP contribution in [0.1, 0.15) is 37.2 Å². The number of amides is 1. The van der Waals surface area contributed by atoms with Crippen LogP contribution in [-0.4, -0.2) is 22.2 Å². The molecule has 0 aromatic carbocycles. The average Bonchev–Trinajstić information content (AvgIpc) is 2.59. The van der Waals surface area contributed by atoms with E-state index in [4.69, 9.17) is 0 Å². The van der Waals surface area contributed by atoms with Gasteiger partial charge in [-0.1, -0.05) is 13.3 Å². The van der Waals surface area contributed by atoms with Crippen molar-refractivity contribution in [1.82, 2.24) is 15.1 Å². The van der Waals surface area contributed by atoms with Gasteiger partial charge in [-0.15, -0.1) is 0 Å². The van der Waals surface area contributed by atoms with Crippen molar-refractivity contribution < 1.29 is 4.79 Å². The van der Waals surface area contributed by atoms with Crippen LogP contribution in [-0.2, 0) is 6.54 Å². The van der Waals surface area contributed by atoms with E-state index in [9.17, 15) is 4.79 Å².